The molecule has 0 aliphatic carbocycles. The standard InChI is InChI=1S/C23H34N6O2S.C6H6.C2H2/c1-7-16(23(4,5)30)8-10-25-20-18(14(2)27-22(29-20)26-12-13-31-6)21-28-19-15(3)24-11-9-17(19)32-21;1-2-4-6-5-3-1;1-2/h9,11,16,30H,7-8,10,12-13H2,1-6H3,(H2,25,26,27,29);1-6H;1-2H. The molecular weight excluding hydrogens is 520 g/mol. The summed E-state index contributed by atoms with van der Waals surface area (Å²) >= 11 is 1.62. The van der Waals surface area contributed by atoms with Crippen molar-refractivity contribution < 1.29 is 9.84 Å². The lowest BCUT2D eigenvalue weighted by Gasteiger charge is -2.28. The number of aromatic nitrogens is 4. The summed E-state index contributed by atoms with van der Waals surface area (Å²) in [6, 6.07) is 14.0. The molecule has 214 valence electrons. The van der Waals surface area contributed by atoms with Gasteiger partial charge in [0.2, 0.25) is 5.95 Å². The van der Waals surface area contributed by atoms with E-state index in [-0.39, 0.29) is 5.92 Å². The van der Waals surface area contributed by atoms with E-state index in [9.17, 15) is 5.11 Å². The molecule has 1 atom stereocenters. The lowest BCUT2D eigenvalue weighted by atomic mass is 9.86. The van der Waals surface area contributed by atoms with Crippen molar-refractivity contribution in [1.82, 2.24) is 19.9 Å². The second kappa shape index (κ2) is 16.5. The van der Waals surface area contributed by atoms with Gasteiger partial charge in [-0.15, -0.1) is 24.2 Å². The summed E-state index contributed by atoms with van der Waals surface area (Å²) in [6.07, 6.45) is 11.6. The van der Waals surface area contributed by atoms with Crippen LogP contribution in [0.1, 0.15) is 45.0 Å². The normalized spacial score (nSPS) is 11.5. The molecule has 0 amide bonds. The molecule has 1 aromatic carbocycles. The van der Waals surface area contributed by atoms with Gasteiger partial charge in [0.15, 0.2) is 0 Å². The van der Waals surface area contributed by atoms with Crippen molar-refractivity contribution in [2.75, 3.05) is 37.4 Å². The SMILES string of the molecule is C#C.CCC(CCNc1nc(NCCOC)nc(C)c1-c1nc2c(C)nccc2s1)C(C)(C)O.c1ccccc1. The number of nitrogens with one attached hydrogen (secondary N) is 2. The Bertz CT molecular complexity index is 1290. The van der Waals surface area contributed by atoms with E-state index in [1.165, 1.54) is 0 Å². The first-order chi connectivity index (χ1) is 19.2. The number of nitrogens with zero attached hydrogens (tertiary/aromatic N) is 4. The van der Waals surface area contributed by atoms with Crippen molar-refractivity contribution in [3.05, 3.63) is 60.0 Å². The van der Waals surface area contributed by atoms with Crippen LogP contribution in [0.25, 0.3) is 20.8 Å². The number of terminal acetylenes is 1. The van der Waals surface area contributed by atoms with Crippen LogP contribution in [0.15, 0.2) is 48.7 Å². The van der Waals surface area contributed by atoms with E-state index in [0.29, 0.717) is 25.6 Å². The molecule has 0 aliphatic rings. The van der Waals surface area contributed by atoms with Crippen LogP contribution in [0.3, 0.4) is 0 Å². The highest BCUT2D eigenvalue weighted by Crippen LogP contribution is 2.36. The minimum absolute atomic E-state index is 0.192. The molecule has 0 fully saturated rings. The summed E-state index contributed by atoms with van der Waals surface area (Å²) in [5.41, 5.74) is 2.85. The Morgan fingerprint density at radius 3 is 2.17 bits per heavy atom. The Balaban J connectivity index is 0.000000609. The lowest BCUT2D eigenvalue weighted by molar-refractivity contribution is 0.0130. The van der Waals surface area contributed by atoms with Gasteiger partial charge in [-0.2, -0.15) is 4.98 Å². The molecule has 4 aromatic rings. The number of ether oxygens (including phenoxy) is 1. The second-order valence-corrected chi connectivity index (χ2v) is 10.7. The van der Waals surface area contributed by atoms with Gasteiger partial charge >= 0.3 is 0 Å². The zero-order valence-corrected chi connectivity index (χ0v) is 25.3. The maximum Gasteiger partial charge on any atom is 0.224 e. The van der Waals surface area contributed by atoms with E-state index in [1.54, 1.807) is 18.4 Å². The van der Waals surface area contributed by atoms with Crippen LogP contribution < -0.4 is 10.6 Å². The zero-order chi connectivity index (χ0) is 29.5. The number of hydrogen-bond acceptors (Lipinski definition) is 9. The summed E-state index contributed by atoms with van der Waals surface area (Å²) in [5, 5.41) is 18.0. The van der Waals surface area contributed by atoms with Gasteiger partial charge in [-0.1, -0.05) is 49.7 Å². The molecule has 0 aliphatic heterocycles. The van der Waals surface area contributed by atoms with Gasteiger partial charge in [0.25, 0.3) is 0 Å². The number of hydrogen-bond donors (Lipinski definition) is 3. The molecule has 0 saturated carbocycles. The molecule has 4 rings (SSSR count). The van der Waals surface area contributed by atoms with E-state index in [2.05, 4.69) is 40.4 Å². The number of fused-ring (bicyclic) bond motifs is 1. The maximum absolute atomic E-state index is 10.4. The third-order valence-corrected chi connectivity index (χ3v) is 7.37. The van der Waals surface area contributed by atoms with Crippen molar-refractivity contribution in [3.8, 4) is 23.4 Å². The summed E-state index contributed by atoms with van der Waals surface area (Å²) in [7, 11) is 1.67. The van der Waals surface area contributed by atoms with Crippen LogP contribution in [0.2, 0.25) is 0 Å². The maximum atomic E-state index is 10.4. The van der Waals surface area contributed by atoms with Crippen molar-refractivity contribution >= 4 is 33.3 Å². The van der Waals surface area contributed by atoms with Gasteiger partial charge in [-0.25, -0.2) is 9.97 Å². The van der Waals surface area contributed by atoms with Gasteiger partial charge in [0.1, 0.15) is 16.3 Å². The average Bonchev–Trinajstić information content (AvgIpc) is 3.38. The Morgan fingerprint density at radius 2 is 1.62 bits per heavy atom. The highest BCUT2D eigenvalue weighted by atomic mass is 32.1. The summed E-state index contributed by atoms with van der Waals surface area (Å²) in [5.74, 6) is 1.49. The lowest BCUT2D eigenvalue weighted by Crippen LogP contribution is -2.31. The van der Waals surface area contributed by atoms with Crippen LogP contribution in [0.5, 0.6) is 0 Å². The largest absolute Gasteiger partial charge is 0.390 e. The number of aliphatic hydroxyl groups is 1. The number of anilines is 2. The fourth-order valence-corrected chi connectivity index (χ4v) is 5.31. The van der Waals surface area contributed by atoms with Gasteiger partial charge in [-0.3, -0.25) is 4.98 Å². The van der Waals surface area contributed by atoms with Gasteiger partial charge in [-0.05, 0) is 46.1 Å². The fourth-order valence-electron chi connectivity index (χ4n) is 4.20. The fraction of sp³-hybridized carbons (Fsp3) is 0.419. The molecule has 3 heterocycles. The quantitative estimate of drug-likeness (QED) is 0.143. The summed E-state index contributed by atoms with van der Waals surface area (Å²) in [6.45, 7) is 11.7. The molecule has 3 N–H and O–H groups in total. The first kappa shape index (κ1) is 32.6. The summed E-state index contributed by atoms with van der Waals surface area (Å²) in [4.78, 5) is 18.7. The number of benzene rings is 1. The Kier molecular flexibility index (Phi) is 13.5. The van der Waals surface area contributed by atoms with Crippen molar-refractivity contribution in [2.24, 2.45) is 5.92 Å². The van der Waals surface area contributed by atoms with Gasteiger partial charge in [0, 0.05) is 26.4 Å². The number of rotatable bonds is 11. The minimum Gasteiger partial charge on any atom is -0.390 e. The second-order valence-electron chi connectivity index (χ2n) is 9.67. The first-order valence-electron chi connectivity index (χ1n) is 13.4. The monoisotopic (exact) mass is 562 g/mol. The van der Waals surface area contributed by atoms with Crippen LogP contribution in [-0.2, 0) is 4.74 Å². The summed E-state index contributed by atoms with van der Waals surface area (Å²) < 4.78 is 6.22. The number of thiazole rings is 1. The minimum atomic E-state index is -0.717. The molecule has 9 heteroatoms. The van der Waals surface area contributed by atoms with E-state index in [1.807, 2.05) is 76.4 Å². The predicted molar refractivity (Wildman–Crippen MR) is 168 cm³/mol. The Hall–Kier alpha value is -3.58. The topological polar surface area (TPSA) is 105 Å². The molecule has 0 bridgehead atoms. The Labute approximate surface area is 242 Å². The zero-order valence-electron chi connectivity index (χ0n) is 24.4. The van der Waals surface area contributed by atoms with E-state index < -0.39 is 5.60 Å². The molecule has 0 spiro atoms. The highest BCUT2D eigenvalue weighted by Gasteiger charge is 2.25. The average molecular weight is 563 g/mol. The Morgan fingerprint density at radius 1 is 0.975 bits per heavy atom. The predicted octanol–water partition coefficient (Wildman–Crippen LogP) is 6.36. The molecule has 40 heavy (non-hydrogen) atoms. The molecule has 1 unspecified atom stereocenters. The van der Waals surface area contributed by atoms with Gasteiger partial charge in [0.05, 0.1) is 33.9 Å². The third kappa shape index (κ3) is 9.56. The smallest absolute Gasteiger partial charge is 0.224 e. The molecule has 0 saturated heterocycles. The number of methoxy groups -OCH3 is 1. The molecular formula is C31H42N6O2S. The van der Waals surface area contributed by atoms with Crippen molar-refractivity contribution in [2.45, 2.75) is 53.1 Å². The third-order valence-electron chi connectivity index (χ3n) is 6.33. The molecule has 3 aromatic heterocycles. The van der Waals surface area contributed by atoms with E-state index in [4.69, 9.17) is 14.7 Å². The highest BCUT2D eigenvalue weighted by molar-refractivity contribution is 7.21. The first-order valence-corrected chi connectivity index (χ1v) is 14.2. The van der Waals surface area contributed by atoms with E-state index in [0.717, 1.165) is 50.8 Å². The number of pyridine rings is 1. The number of aryl methyl sites for hydroxylation is 2. The van der Waals surface area contributed by atoms with Crippen molar-refractivity contribution in [3.63, 3.8) is 0 Å². The molecule has 0 radical (unpaired) electrons. The van der Waals surface area contributed by atoms with Gasteiger partial charge < -0.3 is 20.5 Å². The van der Waals surface area contributed by atoms with Crippen molar-refractivity contribution in [1.29, 1.82) is 0 Å². The molecule has 8 nitrogen and oxygen atoms in total. The van der Waals surface area contributed by atoms with E-state index >= 15 is 0 Å². The van der Waals surface area contributed by atoms with Crippen LogP contribution >= 0.6 is 11.3 Å². The van der Waals surface area contributed by atoms with Crippen LogP contribution in [0, 0.1) is 32.6 Å². The van der Waals surface area contributed by atoms with Crippen LogP contribution in [-0.4, -0.2) is 57.4 Å². The van der Waals surface area contributed by atoms with Crippen LogP contribution in [0.4, 0.5) is 11.8 Å².